The molecule has 27 heavy (non-hydrogen) atoms. The Kier molecular flexibility index (Phi) is 4.73. The van der Waals surface area contributed by atoms with E-state index in [1.807, 2.05) is 17.7 Å². The van der Waals surface area contributed by atoms with Gasteiger partial charge in [-0.1, -0.05) is 0 Å². The average Bonchev–Trinajstić information content (AvgIpc) is 3.11. The number of carbonyl (C=O) groups is 1. The molecule has 0 bridgehead atoms. The molecular formula is C18H26N6O3. The van der Waals surface area contributed by atoms with Crippen LogP contribution in [-0.2, 0) is 10.4 Å². The number of hydrogen-bond acceptors (Lipinski definition) is 7. The number of nitrogens with zero attached hydrogens (tertiary/aromatic N) is 6. The lowest BCUT2D eigenvalue weighted by Gasteiger charge is -2.47. The van der Waals surface area contributed by atoms with E-state index in [2.05, 4.69) is 27.1 Å². The number of hydrogen-bond donors (Lipinski definition) is 1. The molecule has 0 aromatic heterocycles. The number of aliphatic hydroxyl groups is 1. The minimum absolute atomic E-state index is 0.0566. The number of aromatic nitrogens is 4. The Morgan fingerprint density at radius 3 is 2.85 bits per heavy atom. The van der Waals surface area contributed by atoms with Gasteiger partial charge in [0, 0.05) is 32.3 Å². The van der Waals surface area contributed by atoms with E-state index in [-0.39, 0.29) is 12.2 Å². The minimum Gasteiger partial charge on any atom is -0.446 e. The molecule has 0 aliphatic carbocycles. The molecule has 4 rings (SSSR count). The van der Waals surface area contributed by atoms with Crippen molar-refractivity contribution in [1.29, 1.82) is 0 Å². The molecule has 0 radical (unpaired) electrons. The number of aliphatic hydroxyl groups excluding tert-OH is 1. The van der Waals surface area contributed by atoms with Crippen LogP contribution >= 0.6 is 0 Å². The molecule has 9 heteroatoms. The fraction of sp³-hybridized carbons (Fsp3) is 0.667. The van der Waals surface area contributed by atoms with Crippen LogP contribution < -0.4 is 0 Å². The van der Waals surface area contributed by atoms with Gasteiger partial charge in [0.15, 0.2) is 5.82 Å². The maximum Gasteiger partial charge on any atom is 0.411 e. The van der Waals surface area contributed by atoms with Gasteiger partial charge >= 0.3 is 6.09 Å². The third-order valence-corrected chi connectivity index (χ3v) is 5.79. The highest BCUT2D eigenvalue weighted by molar-refractivity contribution is 5.69. The Labute approximate surface area is 158 Å². The zero-order valence-electron chi connectivity index (χ0n) is 15.8. The van der Waals surface area contributed by atoms with E-state index in [1.54, 1.807) is 17.4 Å². The predicted octanol–water partition coefficient (Wildman–Crippen LogP) is 1.14. The molecule has 1 N–H and O–H groups in total. The van der Waals surface area contributed by atoms with Crippen molar-refractivity contribution in [2.75, 3.05) is 26.7 Å². The van der Waals surface area contributed by atoms with E-state index in [4.69, 9.17) is 4.74 Å². The first-order valence-electron chi connectivity index (χ1n) is 9.46. The quantitative estimate of drug-likeness (QED) is 0.842. The molecule has 4 aliphatic rings. The van der Waals surface area contributed by atoms with Crippen molar-refractivity contribution in [2.45, 2.75) is 50.5 Å². The zero-order valence-corrected chi connectivity index (χ0v) is 15.8. The molecular weight excluding hydrogens is 348 g/mol. The normalized spacial score (nSPS) is 27.8. The van der Waals surface area contributed by atoms with Gasteiger partial charge in [-0.15, -0.1) is 5.10 Å². The Balaban J connectivity index is 1.58. The largest absolute Gasteiger partial charge is 0.446 e. The van der Waals surface area contributed by atoms with Gasteiger partial charge in [0.2, 0.25) is 0 Å². The summed E-state index contributed by atoms with van der Waals surface area (Å²) in [6.07, 6.45) is 6.93. The number of piperidine rings is 2. The lowest BCUT2D eigenvalue weighted by molar-refractivity contribution is -0.0633. The van der Waals surface area contributed by atoms with Crippen LogP contribution in [0, 0.1) is 0 Å². The lowest BCUT2D eigenvalue weighted by Crippen LogP contribution is -2.57. The third-order valence-electron chi connectivity index (χ3n) is 5.79. The number of carbonyl (C=O) groups excluding carboxylic acids is 1. The summed E-state index contributed by atoms with van der Waals surface area (Å²) < 4.78 is 7.68. The molecule has 2 unspecified atom stereocenters. The standard InChI is InChI=1S/C18H26N6O3/c1-18(23-11-13-10-20-21-16(13)19-12-23)9-14(25)3-8-24(18)17(26)27-15-4-6-22(2)7-5-15/h10-12,14-15,25H,3-9H2,1-2H3. The van der Waals surface area contributed by atoms with Gasteiger partial charge in [0.05, 0.1) is 24.2 Å². The highest BCUT2D eigenvalue weighted by atomic mass is 16.6. The summed E-state index contributed by atoms with van der Waals surface area (Å²) >= 11 is 0. The van der Waals surface area contributed by atoms with Gasteiger partial charge in [-0.3, -0.25) is 4.90 Å². The van der Waals surface area contributed by atoms with Crippen LogP contribution in [0.4, 0.5) is 4.79 Å². The number of amides is 1. The topological polar surface area (TPSA) is 96.6 Å². The summed E-state index contributed by atoms with van der Waals surface area (Å²) in [5, 5.41) is 18.1. The van der Waals surface area contributed by atoms with Crippen LogP contribution in [0.5, 0.6) is 0 Å². The predicted molar refractivity (Wildman–Crippen MR) is 97.0 cm³/mol. The van der Waals surface area contributed by atoms with Crippen molar-refractivity contribution in [3.63, 3.8) is 0 Å². The van der Waals surface area contributed by atoms with E-state index in [1.165, 1.54) is 0 Å². The lowest BCUT2D eigenvalue weighted by atomic mass is 9.94. The highest BCUT2D eigenvalue weighted by Crippen LogP contribution is 2.34. The molecule has 146 valence electrons. The van der Waals surface area contributed by atoms with Gasteiger partial charge in [-0.25, -0.2) is 9.78 Å². The number of likely N-dealkylation sites (tertiary alicyclic amines) is 2. The van der Waals surface area contributed by atoms with E-state index >= 15 is 0 Å². The van der Waals surface area contributed by atoms with Crippen molar-refractivity contribution in [2.24, 2.45) is 0 Å². The second kappa shape index (κ2) is 7.05. The minimum atomic E-state index is -0.765. The summed E-state index contributed by atoms with van der Waals surface area (Å²) in [6, 6.07) is 0. The van der Waals surface area contributed by atoms with Crippen LogP contribution in [0.3, 0.4) is 0 Å². The molecule has 0 spiro atoms. The van der Waals surface area contributed by atoms with Crippen LogP contribution in [-0.4, -0.2) is 79.6 Å². The molecule has 4 aliphatic heterocycles. The summed E-state index contributed by atoms with van der Waals surface area (Å²) in [7, 11) is 2.08. The fourth-order valence-corrected chi connectivity index (χ4v) is 4.04. The smallest absolute Gasteiger partial charge is 0.411 e. The molecule has 2 saturated heterocycles. The maximum absolute atomic E-state index is 13.0. The third kappa shape index (κ3) is 3.49. The van der Waals surface area contributed by atoms with Gasteiger partial charge in [0.25, 0.3) is 0 Å². The van der Waals surface area contributed by atoms with E-state index in [0.29, 0.717) is 25.2 Å². The number of rotatable bonds is 2. The monoisotopic (exact) mass is 374 g/mol. The summed E-state index contributed by atoms with van der Waals surface area (Å²) in [5.74, 6) is 0.562. The molecule has 4 heterocycles. The first-order valence-corrected chi connectivity index (χ1v) is 9.46. The summed E-state index contributed by atoms with van der Waals surface area (Å²) in [6.45, 7) is 4.23. The van der Waals surface area contributed by atoms with Gasteiger partial charge in [0.1, 0.15) is 11.8 Å². The van der Waals surface area contributed by atoms with Crippen LogP contribution in [0.15, 0.2) is 18.7 Å². The van der Waals surface area contributed by atoms with Gasteiger partial charge < -0.3 is 19.3 Å². The van der Waals surface area contributed by atoms with E-state index in [9.17, 15) is 9.90 Å². The second-order valence-corrected chi connectivity index (χ2v) is 7.81. The van der Waals surface area contributed by atoms with Crippen molar-refractivity contribution in [1.82, 2.24) is 29.5 Å². The fourth-order valence-electron chi connectivity index (χ4n) is 4.04. The molecule has 0 aromatic carbocycles. The van der Waals surface area contributed by atoms with Crippen LogP contribution in [0.2, 0.25) is 0 Å². The highest BCUT2D eigenvalue weighted by Gasteiger charge is 2.43. The Morgan fingerprint density at radius 2 is 2.07 bits per heavy atom. The average molecular weight is 374 g/mol. The molecule has 0 saturated carbocycles. The first kappa shape index (κ1) is 18.1. The van der Waals surface area contributed by atoms with Crippen molar-refractivity contribution >= 4 is 6.09 Å². The van der Waals surface area contributed by atoms with Crippen molar-refractivity contribution in [3.05, 3.63) is 18.7 Å². The molecule has 2 atom stereocenters. The first-order chi connectivity index (χ1) is 13.0. The van der Waals surface area contributed by atoms with Crippen LogP contribution in [0.1, 0.15) is 32.6 Å². The van der Waals surface area contributed by atoms with Gasteiger partial charge in [-0.2, -0.15) is 5.10 Å². The summed E-state index contributed by atoms with van der Waals surface area (Å²) in [5.41, 5.74) is 0.0287. The number of fused-ring (bicyclic) bond motifs is 1. The summed E-state index contributed by atoms with van der Waals surface area (Å²) in [4.78, 5) is 21.3. The van der Waals surface area contributed by atoms with Gasteiger partial charge in [-0.05, 0) is 33.2 Å². The molecule has 2 fully saturated rings. The SMILES string of the molecule is CN1CCC(OC(=O)N2CCC(O)CC2(C)n2cnc3nncc-3c2)CC1. The Bertz CT molecular complexity index is 774. The molecule has 9 nitrogen and oxygen atoms in total. The molecule has 1 amide bonds. The number of ether oxygens (including phenoxy) is 1. The van der Waals surface area contributed by atoms with Crippen molar-refractivity contribution < 1.29 is 14.6 Å². The van der Waals surface area contributed by atoms with Crippen molar-refractivity contribution in [3.8, 4) is 11.4 Å². The molecule has 0 aromatic rings. The Morgan fingerprint density at radius 1 is 1.30 bits per heavy atom. The van der Waals surface area contributed by atoms with E-state index < -0.39 is 11.8 Å². The van der Waals surface area contributed by atoms with Crippen LogP contribution in [0.25, 0.3) is 11.4 Å². The zero-order chi connectivity index (χ0) is 19.0. The Hall–Kier alpha value is -2.26. The second-order valence-electron chi connectivity index (χ2n) is 7.81. The van der Waals surface area contributed by atoms with E-state index in [0.717, 1.165) is 31.5 Å². The maximum atomic E-state index is 13.0.